The van der Waals surface area contributed by atoms with Gasteiger partial charge < -0.3 is 15.1 Å². The molecule has 2 aliphatic heterocycles. The molecule has 0 unspecified atom stereocenters. The van der Waals surface area contributed by atoms with E-state index in [0.29, 0.717) is 23.4 Å². The Labute approximate surface area is 170 Å². The van der Waals surface area contributed by atoms with Gasteiger partial charge in [-0.2, -0.15) is 0 Å². The van der Waals surface area contributed by atoms with Gasteiger partial charge in [-0.1, -0.05) is 12.1 Å². The number of likely N-dealkylation sites (tertiary alicyclic amines) is 1. The molecule has 0 aliphatic carbocycles. The van der Waals surface area contributed by atoms with E-state index in [1.54, 1.807) is 30.0 Å². The molecule has 6 nitrogen and oxygen atoms in total. The van der Waals surface area contributed by atoms with E-state index >= 15 is 0 Å². The lowest BCUT2D eigenvalue weighted by atomic mass is 10.1. The minimum atomic E-state index is -0.257. The van der Waals surface area contributed by atoms with Crippen LogP contribution in [0.5, 0.6) is 0 Å². The molecule has 0 spiro atoms. The first-order valence-corrected chi connectivity index (χ1v) is 10.2. The zero-order valence-corrected chi connectivity index (χ0v) is 16.6. The summed E-state index contributed by atoms with van der Waals surface area (Å²) in [6, 6.07) is 12.5. The lowest BCUT2D eigenvalue weighted by Crippen LogP contribution is -2.36. The summed E-state index contributed by atoms with van der Waals surface area (Å²) in [6.45, 7) is 3.71. The lowest BCUT2D eigenvalue weighted by molar-refractivity contribution is -0.116. The average molecular weight is 391 g/mol. The van der Waals surface area contributed by atoms with E-state index in [9.17, 15) is 14.4 Å². The van der Waals surface area contributed by atoms with Gasteiger partial charge in [-0.25, -0.2) is 0 Å². The van der Waals surface area contributed by atoms with Crippen LogP contribution in [0.4, 0.5) is 11.4 Å². The summed E-state index contributed by atoms with van der Waals surface area (Å²) in [6.07, 6.45) is 3.93. The van der Waals surface area contributed by atoms with Crippen LogP contribution in [0.15, 0.2) is 42.5 Å². The van der Waals surface area contributed by atoms with Gasteiger partial charge in [-0.3, -0.25) is 14.4 Å². The third kappa shape index (κ3) is 3.88. The molecule has 0 saturated carbocycles. The molecule has 4 rings (SSSR count). The van der Waals surface area contributed by atoms with Crippen molar-refractivity contribution in [1.29, 1.82) is 0 Å². The summed E-state index contributed by atoms with van der Waals surface area (Å²) >= 11 is 0. The number of carbonyl (C=O) groups is 3. The molecule has 0 bridgehead atoms. The number of anilines is 2. The first kappa shape index (κ1) is 19.2. The van der Waals surface area contributed by atoms with Crippen molar-refractivity contribution < 1.29 is 14.4 Å². The van der Waals surface area contributed by atoms with Gasteiger partial charge >= 0.3 is 0 Å². The molecule has 2 heterocycles. The number of piperidine rings is 1. The molecule has 2 aromatic rings. The number of benzene rings is 2. The van der Waals surface area contributed by atoms with Crippen molar-refractivity contribution in [2.24, 2.45) is 0 Å². The summed E-state index contributed by atoms with van der Waals surface area (Å²) in [7, 11) is 0. The van der Waals surface area contributed by atoms with Crippen molar-refractivity contribution in [3.8, 4) is 0 Å². The molecule has 3 amide bonds. The number of para-hydroxylation sites is 1. The maximum absolute atomic E-state index is 12.9. The largest absolute Gasteiger partial charge is 0.339 e. The van der Waals surface area contributed by atoms with E-state index in [2.05, 4.69) is 5.32 Å². The predicted octanol–water partition coefficient (Wildman–Crippen LogP) is 3.47. The third-order valence-electron chi connectivity index (χ3n) is 5.67. The Balaban J connectivity index is 1.54. The van der Waals surface area contributed by atoms with Crippen molar-refractivity contribution in [1.82, 2.24) is 4.90 Å². The fraction of sp³-hybridized carbons (Fsp3) is 0.348. The molecular formula is C23H25N3O3. The highest BCUT2D eigenvalue weighted by Crippen LogP contribution is 2.29. The number of hydrogen-bond donors (Lipinski definition) is 1. The highest BCUT2D eigenvalue weighted by atomic mass is 16.2. The Morgan fingerprint density at radius 3 is 2.45 bits per heavy atom. The number of nitrogens with one attached hydrogen (secondary N) is 1. The topological polar surface area (TPSA) is 69.7 Å². The van der Waals surface area contributed by atoms with Crippen molar-refractivity contribution in [2.45, 2.75) is 32.6 Å². The van der Waals surface area contributed by atoms with E-state index in [1.165, 1.54) is 0 Å². The molecule has 1 fully saturated rings. The highest BCUT2D eigenvalue weighted by Gasteiger charge is 2.24. The highest BCUT2D eigenvalue weighted by molar-refractivity contribution is 6.09. The molecule has 29 heavy (non-hydrogen) atoms. The van der Waals surface area contributed by atoms with Crippen LogP contribution in [-0.4, -0.2) is 42.3 Å². The van der Waals surface area contributed by atoms with Crippen molar-refractivity contribution in [3.05, 3.63) is 59.2 Å². The second kappa shape index (κ2) is 8.07. The molecule has 1 saturated heterocycles. The smallest absolute Gasteiger partial charge is 0.255 e. The zero-order chi connectivity index (χ0) is 20.4. The first-order chi connectivity index (χ1) is 14.0. The number of rotatable bonds is 3. The fourth-order valence-electron chi connectivity index (χ4n) is 4.11. The van der Waals surface area contributed by atoms with Crippen molar-refractivity contribution in [2.75, 3.05) is 29.9 Å². The van der Waals surface area contributed by atoms with Gasteiger partial charge in [0.2, 0.25) is 5.91 Å². The standard InChI is InChI=1S/C23H25N3O3/c1-16(27)26-14-11-17-15-18(9-10-21(17)26)22(28)24-20-8-4-3-7-19(20)23(29)25-12-5-2-6-13-25/h3-4,7-10,15H,2,5-6,11-14H2,1H3,(H,24,28). The van der Waals surface area contributed by atoms with Crippen LogP contribution >= 0.6 is 0 Å². The Hall–Kier alpha value is -3.15. The predicted molar refractivity (Wildman–Crippen MR) is 112 cm³/mol. The van der Waals surface area contributed by atoms with Gasteiger partial charge in [0.25, 0.3) is 11.8 Å². The molecule has 1 N–H and O–H groups in total. The molecule has 2 aromatic carbocycles. The van der Waals surface area contributed by atoms with Crippen LogP contribution in [0, 0.1) is 0 Å². The van der Waals surface area contributed by atoms with Crippen molar-refractivity contribution in [3.63, 3.8) is 0 Å². The second-order valence-corrected chi connectivity index (χ2v) is 7.62. The minimum Gasteiger partial charge on any atom is -0.339 e. The van der Waals surface area contributed by atoms with E-state index in [1.807, 2.05) is 29.2 Å². The van der Waals surface area contributed by atoms with E-state index in [0.717, 1.165) is 50.0 Å². The van der Waals surface area contributed by atoms with Crippen LogP contribution in [0.1, 0.15) is 52.5 Å². The zero-order valence-electron chi connectivity index (χ0n) is 16.6. The summed E-state index contributed by atoms with van der Waals surface area (Å²) in [5.41, 5.74) is 3.43. The van der Waals surface area contributed by atoms with Crippen LogP contribution in [-0.2, 0) is 11.2 Å². The van der Waals surface area contributed by atoms with Gasteiger partial charge in [0, 0.05) is 37.8 Å². The van der Waals surface area contributed by atoms with E-state index < -0.39 is 0 Å². The van der Waals surface area contributed by atoms with Gasteiger partial charge in [-0.15, -0.1) is 0 Å². The van der Waals surface area contributed by atoms with Crippen LogP contribution in [0.2, 0.25) is 0 Å². The number of amides is 3. The number of carbonyl (C=O) groups excluding carboxylic acids is 3. The maximum atomic E-state index is 12.9. The molecule has 2 aliphatic rings. The molecule has 0 radical (unpaired) electrons. The van der Waals surface area contributed by atoms with Gasteiger partial charge in [0.15, 0.2) is 0 Å². The summed E-state index contributed by atoms with van der Waals surface area (Å²) in [4.78, 5) is 41.1. The number of hydrogen-bond acceptors (Lipinski definition) is 3. The second-order valence-electron chi connectivity index (χ2n) is 7.62. The first-order valence-electron chi connectivity index (χ1n) is 10.2. The van der Waals surface area contributed by atoms with E-state index in [-0.39, 0.29) is 17.7 Å². The summed E-state index contributed by atoms with van der Waals surface area (Å²) in [5.74, 6) is -0.286. The Kier molecular flexibility index (Phi) is 5.34. The normalized spacial score (nSPS) is 15.8. The van der Waals surface area contributed by atoms with Crippen molar-refractivity contribution >= 4 is 29.1 Å². The quantitative estimate of drug-likeness (QED) is 0.871. The number of nitrogens with zero attached hydrogens (tertiary/aromatic N) is 2. The van der Waals surface area contributed by atoms with Gasteiger partial charge in [0.1, 0.15) is 0 Å². The Morgan fingerprint density at radius 2 is 1.69 bits per heavy atom. The molecule has 0 aromatic heterocycles. The third-order valence-corrected chi connectivity index (χ3v) is 5.67. The molecule has 150 valence electrons. The SMILES string of the molecule is CC(=O)N1CCc2cc(C(=O)Nc3ccccc3C(=O)N3CCCCC3)ccc21. The minimum absolute atomic E-state index is 0.00565. The maximum Gasteiger partial charge on any atom is 0.255 e. The summed E-state index contributed by atoms with van der Waals surface area (Å²) in [5, 5.41) is 2.90. The van der Waals surface area contributed by atoms with Crippen LogP contribution < -0.4 is 10.2 Å². The molecule has 0 atom stereocenters. The number of fused-ring (bicyclic) bond motifs is 1. The Morgan fingerprint density at radius 1 is 0.931 bits per heavy atom. The fourth-order valence-corrected chi connectivity index (χ4v) is 4.11. The monoisotopic (exact) mass is 391 g/mol. The van der Waals surface area contributed by atoms with Gasteiger partial charge in [0.05, 0.1) is 11.3 Å². The van der Waals surface area contributed by atoms with Gasteiger partial charge in [-0.05, 0) is 61.6 Å². The Bertz CT molecular complexity index is 964. The summed E-state index contributed by atoms with van der Waals surface area (Å²) < 4.78 is 0. The molecular weight excluding hydrogens is 366 g/mol. The lowest BCUT2D eigenvalue weighted by Gasteiger charge is -2.27. The molecule has 6 heteroatoms. The van der Waals surface area contributed by atoms with E-state index in [4.69, 9.17) is 0 Å². The average Bonchev–Trinajstić information content (AvgIpc) is 3.18. The van der Waals surface area contributed by atoms with Crippen LogP contribution in [0.3, 0.4) is 0 Å². The van der Waals surface area contributed by atoms with Crippen LogP contribution in [0.25, 0.3) is 0 Å².